The lowest BCUT2D eigenvalue weighted by molar-refractivity contribution is -0.138. The van der Waals surface area contributed by atoms with Gasteiger partial charge in [-0.2, -0.15) is 0 Å². The predicted molar refractivity (Wildman–Crippen MR) is 79.9 cm³/mol. The molecule has 2 amide bonds. The molecule has 7 nitrogen and oxygen atoms in total. The van der Waals surface area contributed by atoms with Gasteiger partial charge in [0.05, 0.1) is 20.9 Å². The van der Waals surface area contributed by atoms with E-state index in [-0.39, 0.29) is 18.9 Å². The number of nitrogens with two attached hydrogens (primary N) is 2. The van der Waals surface area contributed by atoms with Crippen molar-refractivity contribution in [3.05, 3.63) is 35.9 Å². The number of hydrogen-bond donors (Lipinski definition) is 3. The van der Waals surface area contributed by atoms with Gasteiger partial charge in [-0.3, -0.25) is 14.6 Å². The van der Waals surface area contributed by atoms with E-state index < -0.39 is 25.7 Å². The van der Waals surface area contributed by atoms with Crippen molar-refractivity contribution >= 4 is 20.3 Å². The van der Waals surface area contributed by atoms with E-state index in [2.05, 4.69) is 5.32 Å². The first kappa shape index (κ1) is 15.7. The SMILES string of the molecule is NN1CCC(NC(=O)Cc2ccccc2)[C@](N)([PH2]=O)C1=O. The number of hydrazine groups is 1. The number of carbonyl (C=O) groups is 2. The van der Waals surface area contributed by atoms with Gasteiger partial charge in [-0.25, -0.2) is 5.84 Å². The molecular weight excluding hydrogens is 291 g/mol. The summed E-state index contributed by atoms with van der Waals surface area (Å²) in [4.78, 5) is 24.0. The van der Waals surface area contributed by atoms with Gasteiger partial charge < -0.3 is 15.6 Å². The Balaban J connectivity index is 2.06. The number of hydrogen-bond acceptors (Lipinski definition) is 5. The molecular formula is C13H19N4O3P. The van der Waals surface area contributed by atoms with E-state index >= 15 is 0 Å². The maximum Gasteiger partial charge on any atom is 0.265 e. The summed E-state index contributed by atoms with van der Waals surface area (Å²) in [6.45, 7) is 0.271. The van der Waals surface area contributed by atoms with Crippen LogP contribution in [0.3, 0.4) is 0 Å². The monoisotopic (exact) mass is 310 g/mol. The van der Waals surface area contributed by atoms with Crippen LogP contribution in [0.1, 0.15) is 12.0 Å². The molecule has 2 rings (SSSR count). The van der Waals surface area contributed by atoms with Crippen LogP contribution in [0.4, 0.5) is 0 Å². The van der Waals surface area contributed by atoms with Gasteiger partial charge in [0.1, 0.15) is 0 Å². The number of nitrogens with zero attached hydrogens (tertiary/aromatic N) is 1. The largest absolute Gasteiger partial charge is 0.350 e. The molecule has 1 aromatic rings. The van der Waals surface area contributed by atoms with Crippen molar-refractivity contribution in [2.24, 2.45) is 11.6 Å². The third kappa shape index (κ3) is 3.32. The smallest absolute Gasteiger partial charge is 0.265 e. The fourth-order valence-electron chi connectivity index (χ4n) is 2.36. The Hall–Kier alpha value is -1.69. The zero-order valence-corrected chi connectivity index (χ0v) is 12.6. The molecule has 2 unspecified atom stereocenters. The Labute approximate surface area is 123 Å². The van der Waals surface area contributed by atoms with Crippen LogP contribution in [0, 0.1) is 0 Å². The average molecular weight is 310 g/mol. The number of nitrogens with one attached hydrogen (secondary N) is 1. The number of amides is 2. The lowest BCUT2D eigenvalue weighted by Gasteiger charge is -2.40. The van der Waals surface area contributed by atoms with Crippen LogP contribution < -0.4 is 16.9 Å². The molecule has 0 radical (unpaired) electrons. The van der Waals surface area contributed by atoms with Gasteiger partial charge in [0, 0.05) is 6.54 Å². The van der Waals surface area contributed by atoms with Crippen LogP contribution in [0.15, 0.2) is 30.3 Å². The zero-order chi connectivity index (χ0) is 15.5. The second-order valence-corrected chi connectivity index (χ2v) is 6.31. The highest BCUT2D eigenvalue weighted by atomic mass is 31.1. The van der Waals surface area contributed by atoms with Crippen LogP contribution in [0.25, 0.3) is 0 Å². The fraction of sp³-hybridized carbons (Fsp3) is 0.385. The van der Waals surface area contributed by atoms with Crippen LogP contribution >= 0.6 is 8.46 Å². The van der Waals surface area contributed by atoms with E-state index in [1.807, 2.05) is 30.3 Å². The highest BCUT2D eigenvalue weighted by molar-refractivity contribution is 7.27. The summed E-state index contributed by atoms with van der Waals surface area (Å²) >= 11 is 0. The van der Waals surface area contributed by atoms with Crippen molar-refractivity contribution in [3.63, 3.8) is 0 Å². The zero-order valence-electron chi connectivity index (χ0n) is 11.5. The Morgan fingerprint density at radius 1 is 1.43 bits per heavy atom. The second-order valence-electron chi connectivity index (χ2n) is 5.12. The lowest BCUT2D eigenvalue weighted by atomic mass is 9.98. The molecule has 1 aromatic carbocycles. The van der Waals surface area contributed by atoms with Crippen molar-refractivity contribution in [3.8, 4) is 0 Å². The first-order valence-corrected chi connectivity index (χ1v) is 7.67. The van der Waals surface area contributed by atoms with E-state index in [1.165, 1.54) is 0 Å². The first-order valence-electron chi connectivity index (χ1n) is 6.62. The van der Waals surface area contributed by atoms with Gasteiger partial charge in [0.15, 0.2) is 5.28 Å². The molecule has 1 fully saturated rings. The summed E-state index contributed by atoms with van der Waals surface area (Å²) in [6.07, 6.45) is 0.566. The van der Waals surface area contributed by atoms with Gasteiger partial charge in [0.25, 0.3) is 5.91 Å². The maximum atomic E-state index is 12.1. The minimum absolute atomic E-state index is 0.183. The van der Waals surface area contributed by atoms with Crippen LogP contribution in [-0.2, 0) is 20.6 Å². The van der Waals surface area contributed by atoms with Gasteiger partial charge in [-0.05, 0) is 12.0 Å². The van der Waals surface area contributed by atoms with E-state index in [0.29, 0.717) is 6.42 Å². The van der Waals surface area contributed by atoms with E-state index in [4.69, 9.17) is 11.6 Å². The van der Waals surface area contributed by atoms with Crippen molar-refractivity contribution in [2.75, 3.05) is 6.54 Å². The molecule has 0 spiro atoms. The molecule has 8 heteroatoms. The van der Waals surface area contributed by atoms with Crippen LogP contribution in [0.2, 0.25) is 0 Å². The summed E-state index contributed by atoms with van der Waals surface area (Å²) in [5.41, 5.74) is 6.77. The molecule has 0 aromatic heterocycles. The summed E-state index contributed by atoms with van der Waals surface area (Å²) < 4.78 is 11.4. The fourth-order valence-corrected chi connectivity index (χ4v) is 3.04. The van der Waals surface area contributed by atoms with Crippen LogP contribution in [-0.4, -0.2) is 34.7 Å². The molecule has 3 atom stereocenters. The summed E-state index contributed by atoms with van der Waals surface area (Å²) in [5, 5.41) is 2.08. The van der Waals surface area contributed by atoms with E-state index in [1.54, 1.807) is 0 Å². The highest BCUT2D eigenvalue weighted by Gasteiger charge is 2.47. The second kappa shape index (κ2) is 6.39. The third-order valence-electron chi connectivity index (χ3n) is 3.60. The van der Waals surface area contributed by atoms with Gasteiger partial charge in [-0.15, -0.1) is 0 Å². The van der Waals surface area contributed by atoms with Gasteiger partial charge >= 0.3 is 0 Å². The standard InChI is InChI=1S/C13H19N4O3P/c14-13(21-20)10(6-7-17(15)12(13)19)16-11(18)8-9-4-2-1-3-5-9/h1-5,10H,6-8,14-15,21H2,(H,16,18)/t10?,13-/m0/s1. The normalized spacial score (nSPS) is 26.3. The molecule has 1 aliphatic heterocycles. The predicted octanol–water partition coefficient (Wildman–Crippen LogP) is -0.769. The van der Waals surface area contributed by atoms with Crippen LogP contribution in [0.5, 0.6) is 0 Å². The minimum atomic E-state index is -1.61. The summed E-state index contributed by atoms with van der Waals surface area (Å²) in [7, 11) is -1.61. The molecule has 0 aliphatic carbocycles. The Morgan fingerprint density at radius 2 is 2.10 bits per heavy atom. The van der Waals surface area contributed by atoms with Gasteiger partial charge in [-0.1, -0.05) is 30.3 Å². The minimum Gasteiger partial charge on any atom is -0.350 e. The molecule has 1 heterocycles. The van der Waals surface area contributed by atoms with Crippen molar-refractivity contribution < 1.29 is 14.2 Å². The summed E-state index contributed by atoms with van der Waals surface area (Å²) in [6, 6.07) is 8.56. The van der Waals surface area contributed by atoms with Crippen molar-refractivity contribution in [2.45, 2.75) is 24.2 Å². The van der Waals surface area contributed by atoms with Crippen molar-refractivity contribution in [1.82, 2.24) is 10.3 Å². The number of carbonyl (C=O) groups excluding carboxylic acids is 2. The van der Waals surface area contributed by atoms with E-state index in [9.17, 15) is 14.2 Å². The molecule has 21 heavy (non-hydrogen) atoms. The Morgan fingerprint density at radius 3 is 2.71 bits per heavy atom. The Kier molecular flexibility index (Phi) is 4.77. The Bertz CT molecular complexity index is 554. The molecule has 1 aliphatic rings. The lowest BCUT2D eigenvalue weighted by Crippen LogP contribution is -2.69. The number of benzene rings is 1. The molecule has 5 N–H and O–H groups in total. The maximum absolute atomic E-state index is 12.1. The molecule has 1 saturated heterocycles. The highest BCUT2D eigenvalue weighted by Crippen LogP contribution is 2.29. The topological polar surface area (TPSA) is 119 Å². The third-order valence-corrected chi connectivity index (χ3v) is 4.64. The van der Waals surface area contributed by atoms with Crippen molar-refractivity contribution in [1.29, 1.82) is 0 Å². The van der Waals surface area contributed by atoms with Gasteiger partial charge in [0.2, 0.25) is 5.91 Å². The quantitative estimate of drug-likeness (QED) is 0.383. The first-order chi connectivity index (χ1) is 9.97. The molecule has 114 valence electrons. The molecule has 0 bridgehead atoms. The summed E-state index contributed by atoms with van der Waals surface area (Å²) in [5.74, 6) is 4.66. The van der Waals surface area contributed by atoms with E-state index in [0.717, 1.165) is 10.6 Å². The number of rotatable bonds is 4. The number of piperidine rings is 1. The molecule has 0 saturated carbocycles. The average Bonchev–Trinajstić information content (AvgIpc) is 2.49.